The van der Waals surface area contributed by atoms with Gasteiger partial charge in [0.15, 0.2) is 5.65 Å². The lowest BCUT2D eigenvalue weighted by Gasteiger charge is -2.29. The van der Waals surface area contributed by atoms with E-state index in [2.05, 4.69) is 9.97 Å². The quantitative estimate of drug-likeness (QED) is 0.354. The van der Waals surface area contributed by atoms with Crippen LogP contribution >= 0.6 is 11.6 Å². The van der Waals surface area contributed by atoms with Crippen molar-refractivity contribution in [1.82, 2.24) is 19.1 Å². The van der Waals surface area contributed by atoms with Crippen LogP contribution in [0.4, 0.5) is 5.69 Å². The first-order chi connectivity index (χ1) is 14.8. The molecule has 1 aromatic carbocycles. The van der Waals surface area contributed by atoms with Crippen LogP contribution in [0.25, 0.3) is 11.2 Å². The lowest BCUT2D eigenvalue weighted by atomic mass is 9.93. The van der Waals surface area contributed by atoms with Crippen LogP contribution in [-0.4, -0.2) is 38.4 Å². The molecule has 9 heteroatoms. The number of aromatic nitrogens is 4. The van der Waals surface area contributed by atoms with Gasteiger partial charge in [-0.15, -0.1) is 0 Å². The van der Waals surface area contributed by atoms with Crippen LogP contribution in [0.1, 0.15) is 42.9 Å². The molecule has 0 bridgehead atoms. The molecule has 0 radical (unpaired) electrons. The Morgan fingerprint density at radius 2 is 1.90 bits per heavy atom. The Kier molecular flexibility index (Phi) is 6.20. The monoisotopic (exact) mass is 445 g/mol. The van der Waals surface area contributed by atoms with Crippen LogP contribution in [-0.2, 0) is 11.8 Å². The van der Waals surface area contributed by atoms with Crippen molar-refractivity contribution in [2.45, 2.75) is 51.7 Å². The summed E-state index contributed by atoms with van der Waals surface area (Å²) < 4.78 is 15.2. The van der Waals surface area contributed by atoms with E-state index < -0.39 is 0 Å². The molecule has 2 heterocycles. The molecule has 3 aromatic rings. The second-order valence-corrected chi connectivity index (χ2v) is 8.52. The normalized spacial score (nSPS) is 19.1. The number of imidazole rings is 1. The number of hydrogen-bond acceptors (Lipinski definition) is 6. The third-order valence-corrected chi connectivity index (χ3v) is 6.25. The third kappa shape index (κ3) is 4.41. The number of fused-ring (bicyclic) bond motifs is 1. The van der Waals surface area contributed by atoms with Crippen molar-refractivity contribution in [3.63, 3.8) is 0 Å². The molecule has 1 aliphatic rings. The van der Waals surface area contributed by atoms with Gasteiger partial charge in [0.1, 0.15) is 17.9 Å². The van der Waals surface area contributed by atoms with E-state index >= 15 is 0 Å². The summed E-state index contributed by atoms with van der Waals surface area (Å²) in [5, 5.41) is 0.148. The standard InChI is InChI=1S/C22H28ClN5O3/c1-13-10-14(2)19(11-17(13)24)31-9-8-30-16-6-4-15(5-7-16)28-20-18(27(3)22(28)29)12-25-21(23)26-20/h10-12,15-16H,4-9,24H2,1-3H3. The maximum atomic E-state index is 12.8. The lowest BCUT2D eigenvalue weighted by Crippen LogP contribution is -2.31. The largest absolute Gasteiger partial charge is 0.491 e. The van der Waals surface area contributed by atoms with Gasteiger partial charge in [0.25, 0.3) is 0 Å². The molecular formula is C22H28ClN5O3. The van der Waals surface area contributed by atoms with E-state index in [4.69, 9.17) is 26.8 Å². The molecule has 1 fully saturated rings. The SMILES string of the molecule is Cc1cc(C)c(OCCOC2CCC(n3c(=O)n(C)c4cnc(Cl)nc43)CC2)cc1N. The van der Waals surface area contributed by atoms with Crippen LogP contribution in [0.2, 0.25) is 5.28 Å². The summed E-state index contributed by atoms with van der Waals surface area (Å²) in [6, 6.07) is 3.98. The van der Waals surface area contributed by atoms with Crippen LogP contribution < -0.4 is 16.2 Å². The molecule has 31 heavy (non-hydrogen) atoms. The highest BCUT2D eigenvalue weighted by molar-refractivity contribution is 6.28. The minimum Gasteiger partial charge on any atom is -0.491 e. The van der Waals surface area contributed by atoms with Crippen LogP contribution in [0, 0.1) is 13.8 Å². The molecular weight excluding hydrogens is 418 g/mol. The zero-order chi connectivity index (χ0) is 22.1. The zero-order valence-corrected chi connectivity index (χ0v) is 18.9. The maximum Gasteiger partial charge on any atom is 0.330 e. The van der Waals surface area contributed by atoms with Crippen LogP contribution in [0.3, 0.4) is 0 Å². The first-order valence-corrected chi connectivity index (χ1v) is 10.9. The number of ether oxygens (including phenoxy) is 2. The van der Waals surface area contributed by atoms with Crippen molar-refractivity contribution in [3.05, 3.63) is 45.2 Å². The molecule has 0 amide bonds. The van der Waals surface area contributed by atoms with Gasteiger partial charge in [0, 0.05) is 24.8 Å². The molecule has 8 nitrogen and oxygen atoms in total. The fourth-order valence-electron chi connectivity index (χ4n) is 4.28. The number of anilines is 1. The summed E-state index contributed by atoms with van der Waals surface area (Å²) in [6.45, 7) is 4.98. The fourth-order valence-corrected chi connectivity index (χ4v) is 4.41. The van der Waals surface area contributed by atoms with Crippen molar-refractivity contribution in [3.8, 4) is 5.75 Å². The number of aryl methyl sites for hydroxylation is 3. The fraction of sp³-hybridized carbons (Fsp3) is 0.500. The van der Waals surface area contributed by atoms with E-state index in [1.165, 1.54) is 0 Å². The van der Waals surface area contributed by atoms with Crippen molar-refractivity contribution in [2.75, 3.05) is 18.9 Å². The maximum absolute atomic E-state index is 12.8. The van der Waals surface area contributed by atoms with Crippen LogP contribution in [0.5, 0.6) is 5.75 Å². The van der Waals surface area contributed by atoms with Crippen LogP contribution in [0.15, 0.2) is 23.1 Å². The lowest BCUT2D eigenvalue weighted by molar-refractivity contribution is 0.00532. The first kappa shape index (κ1) is 21.6. The van der Waals surface area contributed by atoms with Gasteiger partial charge in [-0.3, -0.25) is 9.13 Å². The highest BCUT2D eigenvalue weighted by atomic mass is 35.5. The minimum absolute atomic E-state index is 0.0800. The first-order valence-electron chi connectivity index (χ1n) is 10.6. The van der Waals surface area contributed by atoms with E-state index in [-0.39, 0.29) is 23.1 Å². The van der Waals surface area contributed by atoms with Gasteiger partial charge in [-0.1, -0.05) is 6.07 Å². The molecule has 0 aliphatic heterocycles. The van der Waals surface area contributed by atoms with Gasteiger partial charge in [0.05, 0.1) is 18.9 Å². The summed E-state index contributed by atoms with van der Waals surface area (Å²) in [5.74, 6) is 0.798. The molecule has 1 aliphatic carbocycles. The molecule has 0 atom stereocenters. The highest BCUT2D eigenvalue weighted by Crippen LogP contribution is 2.31. The Balaban J connectivity index is 1.31. The summed E-state index contributed by atoms with van der Waals surface area (Å²) in [4.78, 5) is 21.1. The second kappa shape index (κ2) is 8.88. The topological polar surface area (TPSA) is 97.2 Å². The molecule has 0 unspecified atom stereocenters. The van der Waals surface area contributed by atoms with E-state index in [1.54, 1.807) is 22.4 Å². The molecule has 1 saturated carbocycles. The molecule has 2 aromatic heterocycles. The van der Waals surface area contributed by atoms with Gasteiger partial charge >= 0.3 is 5.69 Å². The van der Waals surface area contributed by atoms with Gasteiger partial charge in [-0.2, -0.15) is 4.98 Å². The predicted octanol–water partition coefficient (Wildman–Crippen LogP) is 3.56. The van der Waals surface area contributed by atoms with Crippen molar-refractivity contribution in [2.24, 2.45) is 7.05 Å². The average molecular weight is 446 g/mol. The number of halogens is 1. The van der Waals surface area contributed by atoms with Crippen molar-refractivity contribution < 1.29 is 9.47 Å². The van der Waals surface area contributed by atoms with E-state index in [1.807, 2.05) is 26.0 Å². The number of nitrogens with zero attached hydrogens (tertiary/aromatic N) is 4. The van der Waals surface area contributed by atoms with Crippen molar-refractivity contribution in [1.29, 1.82) is 0 Å². The summed E-state index contributed by atoms with van der Waals surface area (Å²) in [7, 11) is 1.73. The average Bonchev–Trinajstić information content (AvgIpc) is 2.99. The summed E-state index contributed by atoms with van der Waals surface area (Å²) in [6.07, 6.45) is 5.21. The number of hydrogen-bond donors (Lipinski definition) is 1. The van der Waals surface area contributed by atoms with E-state index in [0.717, 1.165) is 48.2 Å². The Morgan fingerprint density at radius 3 is 2.65 bits per heavy atom. The molecule has 0 spiro atoms. The summed E-state index contributed by atoms with van der Waals surface area (Å²) in [5.41, 5.74) is 10.0. The van der Waals surface area contributed by atoms with Gasteiger partial charge in [0.2, 0.25) is 5.28 Å². The second-order valence-electron chi connectivity index (χ2n) is 8.18. The highest BCUT2D eigenvalue weighted by Gasteiger charge is 2.27. The Hall–Kier alpha value is -2.58. The van der Waals surface area contributed by atoms with E-state index in [0.29, 0.717) is 24.4 Å². The van der Waals surface area contributed by atoms with E-state index in [9.17, 15) is 4.79 Å². The Bertz CT molecular complexity index is 1150. The molecule has 0 saturated heterocycles. The van der Waals surface area contributed by atoms with Gasteiger partial charge in [-0.05, 0) is 62.3 Å². The molecule has 166 valence electrons. The minimum atomic E-state index is -0.0860. The zero-order valence-electron chi connectivity index (χ0n) is 18.1. The molecule has 2 N–H and O–H groups in total. The number of nitrogens with two attached hydrogens (primary N) is 1. The summed E-state index contributed by atoms with van der Waals surface area (Å²) >= 11 is 5.97. The Morgan fingerprint density at radius 1 is 1.16 bits per heavy atom. The number of benzene rings is 1. The number of rotatable bonds is 6. The van der Waals surface area contributed by atoms with Gasteiger partial charge < -0.3 is 15.2 Å². The third-order valence-electron chi connectivity index (χ3n) is 6.07. The Labute approximate surface area is 185 Å². The predicted molar refractivity (Wildman–Crippen MR) is 121 cm³/mol. The van der Waals surface area contributed by atoms with Gasteiger partial charge in [-0.25, -0.2) is 9.78 Å². The molecule has 4 rings (SSSR count). The number of nitrogen functional groups attached to an aromatic ring is 1. The van der Waals surface area contributed by atoms with Crippen molar-refractivity contribution >= 4 is 28.5 Å². The smallest absolute Gasteiger partial charge is 0.330 e.